The standard InChI is InChI=1S/C29H31FN2O4S/c1-20-4-6-21(7-5-20)29(34)31(17-24-3-2-15-35-24)18-28(33)32-14-12-27-25(13-16-37-27)26(32)19-36-23-10-8-22(30)9-11-23/h4-11,13,16,24,26H,2-3,12,14-15,17-19H2,1H3/t24-,26+/m0/s1. The Morgan fingerprint density at radius 2 is 1.92 bits per heavy atom. The van der Waals surface area contributed by atoms with Crippen molar-refractivity contribution < 1.29 is 23.5 Å². The van der Waals surface area contributed by atoms with Crippen LogP contribution >= 0.6 is 11.3 Å². The summed E-state index contributed by atoms with van der Waals surface area (Å²) in [5.41, 5.74) is 2.70. The van der Waals surface area contributed by atoms with Crippen LogP contribution < -0.4 is 4.74 Å². The van der Waals surface area contributed by atoms with Crippen LogP contribution in [-0.4, -0.2) is 60.6 Å². The molecular weight excluding hydrogens is 491 g/mol. The molecule has 0 aliphatic carbocycles. The van der Waals surface area contributed by atoms with E-state index >= 15 is 0 Å². The van der Waals surface area contributed by atoms with Crippen molar-refractivity contribution in [1.29, 1.82) is 0 Å². The van der Waals surface area contributed by atoms with Crippen LogP contribution in [0.1, 0.15) is 45.2 Å². The van der Waals surface area contributed by atoms with Crippen LogP contribution in [-0.2, 0) is 16.0 Å². The Labute approximate surface area is 220 Å². The van der Waals surface area contributed by atoms with Crippen molar-refractivity contribution in [2.24, 2.45) is 0 Å². The number of nitrogens with zero attached hydrogens (tertiary/aromatic N) is 2. The van der Waals surface area contributed by atoms with E-state index in [9.17, 15) is 14.0 Å². The quantitative estimate of drug-likeness (QED) is 0.417. The van der Waals surface area contributed by atoms with Crippen LogP contribution in [0.4, 0.5) is 4.39 Å². The molecule has 1 fully saturated rings. The first kappa shape index (κ1) is 25.4. The summed E-state index contributed by atoms with van der Waals surface area (Å²) in [6.45, 7) is 3.81. The molecule has 2 atom stereocenters. The molecule has 2 aliphatic heterocycles. The number of hydrogen-bond donors (Lipinski definition) is 0. The average molecular weight is 523 g/mol. The maximum atomic E-state index is 13.8. The number of carbonyl (C=O) groups excluding carboxylic acids is 2. The van der Waals surface area contributed by atoms with E-state index < -0.39 is 0 Å². The predicted octanol–water partition coefficient (Wildman–Crippen LogP) is 5.02. The predicted molar refractivity (Wildman–Crippen MR) is 140 cm³/mol. The molecule has 0 radical (unpaired) electrons. The third-order valence-corrected chi connectivity index (χ3v) is 7.99. The number of hydrogen-bond acceptors (Lipinski definition) is 5. The lowest BCUT2D eigenvalue weighted by atomic mass is 10.00. The molecule has 1 aromatic heterocycles. The number of thiophene rings is 1. The summed E-state index contributed by atoms with van der Waals surface area (Å²) >= 11 is 1.68. The molecule has 2 aliphatic rings. The van der Waals surface area contributed by atoms with E-state index in [4.69, 9.17) is 9.47 Å². The zero-order valence-corrected chi connectivity index (χ0v) is 21.7. The van der Waals surface area contributed by atoms with Gasteiger partial charge in [0.2, 0.25) is 5.91 Å². The summed E-state index contributed by atoms with van der Waals surface area (Å²) in [6, 6.07) is 15.1. The Bertz CT molecular complexity index is 1220. The number of amides is 2. The van der Waals surface area contributed by atoms with Gasteiger partial charge in [-0.15, -0.1) is 11.3 Å². The third kappa shape index (κ3) is 6.02. The van der Waals surface area contributed by atoms with E-state index in [-0.39, 0.29) is 42.9 Å². The van der Waals surface area contributed by atoms with Gasteiger partial charge in [0.15, 0.2) is 0 Å². The summed E-state index contributed by atoms with van der Waals surface area (Å²) < 4.78 is 25.1. The van der Waals surface area contributed by atoms with Crippen molar-refractivity contribution in [3.8, 4) is 5.75 Å². The average Bonchev–Trinajstić information content (AvgIpc) is 3.60. The van der Waals surface area contributed by atoms with Crippen LogP contribution in [0.3, 0.4) is 0 Å². The van der Waals surface area contributed by atoms with Gasteiger partial charge in [-0.05, 0) is 79.6 Å². The van der Waals surface area contributed by atoms with Gasteiger partial charge in [0.05, 0.1) is 12.1 Å². The van der Waals surface area contributed by atoms with E-state index in [1.165, 1.54) is 17.0 Å². The highest BCUT2D eigenvalue weighted by atomic mass is 32.1. The molecule has 1 saturated heterocycles. The molecule has 0 unspecified atom stereocenters. The van der Waals surface area contributed by atoms with Crippen LogP contribution in [0, 0.1) is 12.7 Å². The fourth-order valence-corrected chi connectivity index (χ4v) is 5.90. The third-order valence-electron chi connectivity index (χ3n) is 7.00. The maximum absolute atomic E-state index is 13.8. The molecule has 2 amide bonds. The minimum atomic E-state index is -0.327. The monoisotopic (exact) mass is 522 g/mol. The fraction of sp³-hybridized carbons (Fsp3) is 0.379. The van der Waals surface area contributed by atoms with Gasteiger partial charge in [-0.3, -0.25) is 9.59 Å². The number of rotatable bonds is 8. The number of aryl methyl sites for hydroxylation is 1. The van der Waals surface area contributed by atoms with Crippen molar-refractivity contribution >= 4 is 23.2 Å². The molecule has 194 valence electrons. The first-order valence-corrected chi connectivity index (χ1v) is 13.6. The largest absolute Gasteiger partial charge is 0.491 e. The number of carbonyl (C=O) groups is 2. The Hall–Kier alpha value is -3.23. The first-order valence-electron chi connectivity index (χ1n) is 12.7. The summed E-state index contributed by atoms with van der Waals surface area (Å²) in [4.78, 5) is 31.9. The molecule has 3 aromatic rings. The van der Waals surface area contributed by atoms with Crippen LogP contribution in [0.2, 0.25) is 0 Å². The van der Waals surface area contributed by atoms with Crippen molar-refractivity contribution in [3.63, 3.8) is 0 Å². The van der Waals surface area contributed by atoms with Gasteiger partial charge in [-0.25, -0.2) is 4.39 Å². The smallest absolute Gasteiger partial charge is 0.254 e. The summed E-state index contributed by atoms with van der Waals surface area (Å²) in [6.07, 6.45) is 2.54. The second kappa shape index (κ2) is 11.4. The second-order valence-electron chi connectivity index (χ2n) is 9.60. The molecule has 0 N–H and O–H groups in total. The van der Waals surface area contributed by atoms with E-state index in [2.05, 4.69) is 0 Å². The van der Waals surface area contributed by atoms with Gasteiger partial charge in [-0.2, -0.15) is 0 Å². The van der Waals surface area contributed by atoms with E-state index in [0.29, 0.717) is 31.0 Å². The molecule has 2 aromatic carbocycles. The molecular formula is C29H31FN2O4S. The van der Waals surface area contributed by atoms with Crippen molar-refractivity contribution in [2.75, 3.05) is 32.8 Å². The zero-order chi connectivity index (χ0) is 25.8. The molecule has 0 spiro atoms. The van der Waals surface area contributed by atoms with Gasteiger partial charge >= 0.3 is 0 Å². The minimum absolute atomic E-state index is 0.0287. The number of benzene rings is 2. The molecule has 8 heteroatoms. The lowest BCUT2D eigenvalue weighted by Gasteiger charge is -2.37. The SMILES string of the molecule is Cc1ccc(C(=O)N(CC(=O)N2CCc3sccc3[C@H]2COc2ccc(F)cc2)C[C@@H]2CCCO2)cc1. The molecule has 6 nitrogen and oxygen atoms in total. The Balaban J connectivity index is 1.34. The van der Waals surface area contributed by atoms with Crippen LogP contribution in [0.25, 0.3) is 0 Å². The van der Waals surface area contributed by atoms with Crippen molar-refractivity contribution in [2.45, 2.75) is 38.3 Å². The minimum Gasteiger partial charge on any atom is -0.491 e. The summed E-state index contributed by atoms with van der Waals surface area (Å²) in [5.74, 6) is -0.0727. The Kier molecular flexibility index (Phi) is 7.86. The lowest BCUT2D eigenvalue weighted by molar-refractivity contribution is -0.135. The van der Waals surface area contributed by atoms with Crippen LogP contribution in [0.5, 0.6) is 5.75 Å². The summed E-state index contributed by atoms with van der Waals surface area (Å²) in [7, 11) is 0. The highest BCUT2D eigenvalue weighted by Crippen LogP contribution is 2.34. The van der Waals surface area contributed by atoms with Crippen molar-refractivity contribution in [1.82, 2.24) is 9.80 Å². The van der Waals surface area contributed by atoms with Gasteiger partial charge in [0, 0.05) is 30.1 Å². The first-order chi connectivity index (χ1) is 18.0. The fourth-order valence-electron chi connectivity index (χ4n) is 4.97. The van der Waals surface area contributed by atoms with Gasteiger partial charge in [-0.1, -0.05) is 17.7 Å². The normalized spacial score (nSPS) is 18.9. The Morgan fingerprint density at radius 3 is 2.65 bits per heavy atom. The number of halogens is 1. The van der Waals surface area contributed by atoms with E-state index in [1.54, 1.807) is 28.4 Å². The Morgan fingerprint density at radius 1 is 1.14 bits per heavy atom. The topological polar surface area (TPSA) is 59.1 Å². The molecule has 0 saturated carbocycles. The van der Waals surface area contributed by atoms with Gasteiger partial charge in [0.1, 0.15) is 24.7 Å². The van der Waals surface area contributed by atoms with Crippen LogP contribution in [0.15, 0.2) is 60.0 Å². The number of ether oxygens (including phenoxy) is 2. The molecule has 0 bridgehead atoms. The van der Waals surface area contributed by atoms with E-state index in [1.807, 2.05) is 47.5 Å². The molecule has 37 heavy (non-hydrogen) atoms. The maximum Gasteiger partial charge on any atom is 0.254 e. The van der Waals surface area contributed by atoms with Crippen molar-refractivity contribution in [3.05, 3.63) is 87.4 Å². The summed E-state index contributed by atoms with van der Waals surface area (Å²) in [5, 5.41) is 2.04. The number of fused-ring (bicyclic) bond motifs is 1. The highest BCUT2D eigenvalue weighted by Gasteiger charge is 2.34. The molecule has 5 rings (SSSR count). The molecule has 3 heterocycles. The van der Waals surface area contributed by atoms with Gasteiger partial charge in [0.25, 0.3) is 5.91 Å². The second-order valence-corrected chi connectivity index (χ2v) is 10.6. The van der Waals surface area contributed by atoms with Gasteiger partial charge < -0.3 is 19.3 Å². The lowest BCUT2D eigenvalue weighted by Crippen LogP contribution is -2.49. The highest BCUT2D eigenvalue weighted by molar-refractivity contribution is 7.10. The van der Waals surface area contributed by atoms with E-state index in [0.717, 1.165) is 30.4 Å². The zero-order valence-electron chi connectivity index (χ0n) is 20.9.